The maximum absolute atomic E-state index is 14.0. The van der Waals surface area contributed by atoms with Gasteiger partial charge in [0, 0.05) is 38.3 Å². The van der Waals surface area contributed by atoms with Gasteiger partial charge in [0.2, 0.25) is 5.91 Å². The van der Waals surface area contributed by atoms with Crippen molar-refractivity contribution < 1.29 is 27.5 Å². The largest absolute Gasteiger partial charge is 0.381 e. The van der Waals surface area contributed by atoms with E-state index in [9.17, 15) is 22.8 Å². The molecule has 2 aliphatic heterocycles. The molecule has 170 valence electrons. The van der Waals surface area contributed by atoms with Crippen LogP contribution in [0.4, 0.5) is 13.2 Å². The average molecular weight is 446 g/mol. The molecule has 2 heterocycles. The van der Waals surface area contributed by atoms with Crippen molar-refractivity contribution in [2.75, 3.05) is 26.3 Å². The zero-order valence-corrected chi connectivity index (χ0v) is 17.6. The van der Waals surface area contributed by atoms with E-state index in [1.807, 2.05) is 0 Å². The van der Waals surface area contributed by atoms with E-state index in [4.69, 9.17) is 4.74 Å². The van der Waals surface area contributed by atoms with Crippen LogP contribution in [-0.4, -0.2) is 43.0 Å². The molecule has 2 saturated heterocycles. The van der Waals surface area contributed by atoms with E-state index < -0.39 is 23.1 Å². The van der Waals surface area contributed by atoms with Crippen LogP contribution < -0.4 is 5.32 Å². The maximum Gasteiger partial charge on any atom is 0.256 e. The lowest BCUT2D eigenvalue weighted by Crippen LogP contribution is -2.52. The number of nitrogens with zero attached hydrogens (tertiary/aromatic N) is 1. The molecule has 2 aliphatic rings. The second-order valence-corrected chi connectivity index (χ2v) is 8.38. The van der Waals surface area contributed by atoms with Crippen molar-refractivity contribution in [3.05, 3.63) is 71.0 Å². The van der Waals surface area contributed by atoms with Gasteiger partial charge in [-0.3, -0.25) is 9.59 Å². The lowest BCUT2D eigenvalue weighted by Gasteiger charge is -2.40. The first-order chi connectivity index (χ1) is 15.4. The SMILES string of the molecule is O=C(NC1(c2ccc(F)cc2)CCOCC1)C1CCN(C(=O)c2ccc(F)cc2F)CC1. The number of hydrogen-bond donors (Lipinski definition) is 1. The minimum Gasteiger partial charge on any atom is -0.381 e. The Hall–Kier alpha value is -2.87. The van der Waals surface area contributed by atoms with Crippen LogP contribution in [0.5, 0.6) is 0 Å². The van der Waals surface area contributed by atoms with Crippen LogP contribution in [0.1, 0.15) is 41.6 Å². The topological polar surface area (TPSA) is 58.6 Å². The Balaban J connectivity index is 1.41. The molecule has 0 unspecified atom stereocenters. The van der Waals surface area contributed by atoms with Gasteiger partial charge in [-0.1, -0.05) is 12.1 Å². The summed E-state index contributed by atoms with van der Waals surface area (Å²) >= 11 is 0. The number of carbonyl (C=O) groups excluding carboxylic acids is 2. The third-order valence-corrected chi connectivity index (χ3v) is 6.42. The fourth-order valence-electron chi connectivity index (χ4n) is 4.49. The van der Waals surface area contributed by atoms with Crippen LogP contribution in [-0.2, 0) is 15.1 Å². The van der Waals surface area contributed by atoms with Crippen molar-refractivity contribution in [1.82, 2.24) is 10.2 Å². The molecule has 0 aromatic heterocycles. The molecule has 0 atom stereocenters. The second-order valence-electron chi connectivity index (χ2n) is 8.38. The van der Waals surface area contributed by atoms with Crippen LogP contribution in [0.15, 0.2) is 42.5 Å². The van der Waals surface area contributed by atoms with Gasteiger partial charge in [-0.15, -0.1) is 0 Å². The minimum absolute atomic E-state index is 0.115. The zero-order valence-electron chi connectivity index (χ0n) is 17.6. The molecule has 2 amide bonds. The van der Waals surface area contributed by atoms with E-state index in [1.165, 1.54) is 17.0 Å². The van der Waals surface area contributed by atoms with Crippen LogP contribution in [0, 0.1) is 23.4 Å². The van der Waals surface area contributed by atoms with Gasteiger partial charge in [-0.05, 0) is 55.5 Å². The predicted molar refractivity (Wildman–Crippen MR) is 111 cm³/mol. The third kappa shape index (κ3) is 4.65. The first-order valence-corrected chi connectivity index (χ1v) is 10.8. The van der Waals surface area contributed by atoms with Crippen LogP contribution in [0.2, 0.25) is 0 Å². The fraction of sp³-hybridized carbons (Fsp3) is 0.417. The van der Waals surface area contributed by atoms with Gasteiger partial charge in [0.15, 0.2) is 0 Å². The quantitative estimate of drug-likeness (QED) is 0.778. The number of ether oxygens (including phenoxy) is 1. The van der Waals surface area contributed by atoms with Crippen molar-refractivity contribution in [3.63, 3.8) is 0 Å². The number of piperidine rings is 1. The molecule has 2 aromatic rings. The third-order valence-electron chi connectivity index (χ3n) is 6.42. The molecule has 2 aromatic carbocycles. The van der Waals surface area contributed by atoms with E-state index in [-0.39, 0.29) is 23.2 Å². The van der Waals surface area contributed by atoms with E-state index in [0.717, 1.165) is 17.7 Å². The molecule has 8 heteroatoms. The van der Waals surface area contributed by atoms with Crippen molar-refractivity contribution in [2.24, 2.45) is 5.92 Å². The number of benzene rings is 2. The molecular formula is C24H25F3N2O3. The van der Waals surface area contributed by atoms with Gasteiger partial charge in [-0.2, -0.15) is 0 Å². The number of carbonyl (C=O) groups is 2. The Morgan fingerprint density at radius 3 is 2.19 bits per heavy atom. The predicted octanol–water partition coefficient (Wildman–Crippen LogP) is 3.78. The highest BCUT2D eigenvalue weighted by Crippen LogP contribution is 2.33. The first kappa shape index (κ1) is 22.3. The molecule has 32 heavy (non-hydrogen) atoms. The van der Waals surface area contributed by atoms with Gasteiger partial charge >= 0.3 is 0 Å². The van der Waals surface area contributed by atoms with Gasteiger partial charge < -0.3 is 15.0 Å². The Labute approximate surface area is 184 Å². The monoisotopic (exact) mass is 446 g/mol. The number of likely N-dealkylation sites (tertiary alicyclic amines) is 1. The molecule has 2 fully saturated rings. The van der Waals surface area contributed by atoms with E-state index in [1.54, 1.807) is 12.1 Å². The van der Waals surface area contributed by atoms with E-state index in [2.05, 4.69) is 5.32 Å². The molecule has 1 N–H and O–H groups in total. The fourth-order valence-corrected chi connectivity index (χ4v) is 4.49. The summed E-state index contributed by atoms with van der Waals surface area (Å²) in [4.78, 5) is 27.2. The standard InChI is InChI=1S/C24H25F3N2O3/c25-18-3-1-17(2-4-18)24(9-13-32-14-10-24)28-22(30)16-7-11-29(12-8-16)23(31)20-6-5-19(26)15-21(20)27/h1-6,15-16H,7-14H2,(H,28,30). The molecular weight excluding hydrogens is 421 g/mol. The van der Waals surface area contributed by atoms with Crippen molar-refractivity contribution >= 4 is 11.8 Å². The Kier molecular flexibility index (Phi) is 6.50. The first-order valence-electron chi connectivity index (χ1n) is 10.8. The van der Waals surface area contributed by atoms with Gasteiger partial charge in [0.25, 0.3) is 5.91 Å². The minimum atomic E-state index is -0.893. The molecule has 0 aliphatic carbocycles. The zero-order chi connectivity index (χ0) is 22.7. The van der Waals surface area contributed by atoms with E-state index >= 15 is 0 Å². The van der Waals surface area contributed by atoms with Gasteiger partial charge in [-0.25, -0.2) is 13.2 Å². The summed E-state index contributed by atoms with van der Waals surface area (Å²) in [5, 5.41) is 3.18. The highest BCUT2D eigenvalue weighted by Gasteiger charge is 2.38. The normalized spacial score (nSPS) is 18.9. The summed E-state index contributed by atoms with van der Waals surface area (Å²) < 4.78 is 46.0. The maximum atomic E-state index is 14.0. The number of halogens is 3. The second kappa shape index (κ2) is 9.32. The summed E-state index contributed by atoms with van der Waals surface area (Å²) in [5.74, 6) is -2.88. The average Bonchev–Trinajstić information content (AvgIpc) is 2.80. The van der Waals surface area contributed by atoms with Crippen molar-refractivity contribution in [1.29, 1.82) is 0 Å². The number of hydrogen-bond acceptors (Lipinski definition) is 3. The van der Waals surface area contributed by atoms with E-state index in [0.29, 0.717) is 58.1 Å². The summed E-state index contributed by atoms with van der Waals surface area (Å²) in [6.45, 7) is 1.60. The molecule has 0 spiro atoms. The van der Waals surface area contributed by atoms with Crippen molar-refractivity contribution in [2.45, 2.75) is 31.2 Å². The summed E-state index contributed by atoms with van der Waals surface area (Å²) in [6.07, 6.45) is 2.06. The van der Waals surface area contributed by atoms with Crippen LogP contribution in [0.25, 0.3) is 0 Å². The van der Waals surface area contributed by atoms with Gasteiger partial charge in [0.1, 0.15) is 17.5 Å². The lowest BCUT2D eigenvalue weighted by atomic mass is 9.81. The Morgan fingerprint density at radius 1 is 0.938 bits per heavy atom. The Bertz CT molecular complexity index is 982. The number of amides is 2. The molecule has 0 bridgehead atoms. The summed E-state index contributed by atoms with van der Waals surface area (Å²) in [6, 6.07) is 9.05. The molecule has 5 nitrogen and oxygen atoms in total. The summed E-state index contributed by atoms with van der Waals surface area (Å²) in [7, 11) is 0. The number of nitrogens with one attached hydrogen (secondary N) is 1. The smallest absolute Gasteiger partial charge is 0.256 e. The molecule has 0 saturated carbocycles. The lowest BCUT2D eigenvalue weighted by molar-refractivity contribution is -0.129. The van der Waals surface area contributed by atoms with Crippen molar-refractivity contribution in [3.8, 4) is 0 Å². The molecule has 4 rings (SSSR count). The van der Waals surface area contributed by atoms with Crippen LogP contribution in [0.3, 0.4) is 0 Å². The highest BCUT2D eigenvalue weighted by molar-refractivity contribution is 5.94. The van der Waals surface area contributed by atoms with Crippen LogP contribution >= 0.6 is 0 Å². The summed E-state index contributed by atoms with van der Waals surface area (Å²) in [5.41, 5.74) is 0.0504. The number of rotatable bonds is 4. The highest BCUT2D eigenvalue weighted by atomic mass is 19.1. The Morgan fingerprint density at radius 2 is 1.56 bits per heavy atom. The molecule has 0 radical (unpaired) electrons. The van der Waals surface area contributed by atoms with Gasteiger partial charge in [0.05, 0.1) is 11.1 Å².